The summed E-state index contributed by atoms with van der Waals surface area (Å²) in [6, 6.07) is 6.05. The number of hydrogen-bond acceptors (Lipinski definition) is 1. The smallest absolute Gasteiger partial charge is 0.0341 e. The van der Waals surface area contributed by atoms with Gasteiger partial charge in [0.1, 0.15) is 0 Å². The van der Waals surface area contributed by atoms with Crippen molar-refractivity contribution in [2.45, 2.75) is 4.90 Å². The molecular formula is C6H3Br3S. The summed E-state index contributed by atoms with van der Waals surface area (Å²) >= 11 is 10.1. The minimum Gasteiger partial charge on any atom is -0.0508 e. The molecule has 1 aromatic rings. The zero-order chi connectivity index (χ0) is 7.56. The molecule has 0 bridgehead atoms. The first-order chi connectivity index (χ1) is 4.74. The zero-order valence-corrected chi connectivity index (χ0v) is 10.3. The first kappa shape index (κ1) is 9.10. The molecule has 0 aliphatic heterocycles. The predicted molar refractivity (Wildman–Crippen MR) is 56.6 cm³/mol. The van der Waals surface area contributed by atoms with Gasteiger partial charge in [-0.25, -0.2) is 0 Å². The second-order valence-electron chi connectivity index (χ2n) is 1.65. The van der Waals surface area contributed by atoms with Crippen LogP contribution in [-0.4, -0.2) is 0 Å². The van der Waals surface area contributed by atoms with Gasteiger partial charge in [0, 0.05) is 13.8 Å². The number of rotatable bonds is 1. The SMILES string of the molecule is BrSc1cc(Br)ccc1Br. The fourth-order valence-corrected chi connectivity index (χ4v) is 3.31. The van der Waals surface area contributed by atoms with Crippen molar-refractivity contribution in [3.8, 4) is 0 Å². The summed E-state index contributed by atoms with van der Waals surface area (Å²) in [7, 11) is 1.55. The van der Waals surface area contributed by atoms with E-state index in [1.165, 1.54) is 4.90 Å². The van der Waals surface area contributed by atoms with Gasteiger partial charge >= 0.3 is 0 Å². The average molecular weight is 347 g/mol. The highest BCUT2D eigenvalue weighted by Crippen LogP contribution is 2.33. The van der Waals surface area contributed by atoms with E-state index in [0.717, 1.165) is 8.95 Å². The van der Waals surface area contributed by atoms with Crippen molar-refractivity contribution in [1.29, 1.82) is 0 Å². The maximum atomic E-state index is 3.42. The molecule has 0 N–H and O–H groups in total. The van der Waals surface area contributed by atoms with Crippen molar-refractivity contribution in [3.05, 3.63) is 27.1 Å². The Balaban J connectivity index is 3.09. The number of halogens is 3. The first-order valence-corrected chi connectivity index (χ1v) is 6.72. The molecule has 0 nitrogen and oxygen atoms in total. The van der Waals surface area contributed by atoms with Crippen molar-refractivity contribution in [2.24, 2.45) is 0 Å². The van der Waals surface area contributed by atoms with E-state index in [-0.39, 0.29) is 0 Å². The van der Waals surface area contributed by atoms with E-state index in [9.17, 15) is 0 Å². The minimum absolute atomic E-state index is 1.10. The first-order valence-electron chi connectivity index (χ1n) is 2.47. The second-order valence-corrected chi connectivity index (χ2v) is 4.99. The van der Waals surface area contributed by atoms with Crippen LogP contribution in [0.1, 0.15) is 0 Å². The van der Waals surface area contributed by atoms with E-state index in [0.29, 0.717) is 0 Å². The van der Waals surface area contributed by atoms with Gasteiger partial charge in [-0.1, -0.05) is 15.9 Å². The Morgan fingerprint density at radius 2 is 1.90 bits per heavy atom. The molecule has 0 atom stereocenters. The van der Waals surface area contributed by atoms with Crippen LogP contribution in [0.25, 0.3) is 0 Å². The lowest BCUT2D eigenvalue weighted by atomic mass is 10.4. The molecule has 1 aromatic carbocycles. The normalized spacial score (nSPS) is 9.90. The topological polar surface area (TPSA) is 0 Å². The lowest BCUT2D eigenvalue weighted by molar-refractivity contribution is 1.40. The zero-order valence-electron chi connectivity index (χ0n) is 4.77. The summed E-state index contributed by atoms with van der Waals surface area (Å²) in [6.45, 7) is 0. The van der Waals surface area contributed by atoms with Crippen LogP contribution in [0.15, 0.2) is 32.0 Å². The third-order valence-electron chi connectivity index (χ3n) is 0.976. The Bertz CT molecular complexity index is 236. The van der Waals surface area contributed by atoms with Crippen LogP contribution in [0.4, 0.5) is 0 Å². The lowest BCUT2D eigenvalue weighted by Gasteiger charge is -1.97. The third kappa shape index (κ3) is 2.26. The van der Waals surface area contributed by atoms with Gasteiger partial charge in [0.2, 0.25) is 0 Å². The van der Waals surface area contributed by atoms with Gasteiger partial charge in [-0.3, -0.25) is 0 Å². The van der Waals surface area contributed by atoms with Crippen molar-refractivity contribution < 1.29 is 0 Å². The van der Waals surface area contributed by atoms with Crippen molar-refractivity contribution in [2.75, 3.05) is 0 Å². The fraction of sp³-hybridized carbons (Fsp3) is 0. The van der Waals surface area contributed by atoms with Crippen LogP contribution in [0.3, 0.4) is 0 Å². The van der Waals surface area contributed by atoms with E-state index in [1.807, 2.05) is 18.2 Å². The summed E-state index contributed by atoms with van der Waals surface area (Å²) in [5, 5.41) is 0. The Kier molecular flexibility index (Phi) is 3.77. The summed E-state index contributed by atoms with van der Waals surface area (Å²) < 4.78 is 2.20. The van der Waals surface area contributed by atoms with Crippen LogP contribution in [-0.2, 0) is 0 Å². The number of hydrogen-bond donors (Lipinski definition) is 0. The molecule has 0 saturated heterocycles. The van der Waals surface area contributed by atoms with Crippen LogP contribution >= 0.6 is 56.9 Å². The molecule has 0 fully saturated rings. The Morgan fingerprint density at radius 3 is 2.40 bits per heavy atom. The predicted octanol–water partition coefficient (Wildman–Crippen LogP) is 4.61. The average Bonchev–Trinajstić information content (AvgIpc) is 1.94. The highest BCUT2D eigenvalue weighted by molar-refractivity contribution is 9.50. The van der Waals surface area contributed by atoms with E-state index in [1.54, 1.807) is 10.2 Å². The molecule has 0 amide bonds. The third-order valence-corrected chi connectivity index (χ3v) is 3.97. The summed E-state index contributed by atoms with van der Waals surface area (Å²) in [5.41, 5.74) is 0. The molecule has 0 aliphatic carbocycles. The summed E-state index contributed by atoms with van der Waals surface area (Å²) in [4.78, 5) is 1.18. The monoisotopic (exact) mass is 344 g/mol. The van der Waals surface area contributed by atoms with Crippen LogP contribution < -0.4 is 0 Å². The summed E-state index contributed by atoms with van der Waals surface area (Å²) in [5.74, 6) is 0. The van der Waals surface area contributed by atoms with Crippen molar-refractivity contribution >= 4 is 56.9 Å². The largest absolute Gasteiger partial charge is 0.0508 e. The highest BCUT2D eigenvalue weighted by atomic mass is 79.9. The molecule has 0 aromatic heterocycles. The summed E-state index contributed by atoms with van der Waals surface area (Å²) in [6.07, 6.45) is 0. The Hall–Kier alpha value is 1.01. The molecule has 0 heterocycles. The quantitative estimate of drug-likeness (QED) is 0.715. The molecular weight excluding hydrogens is 344 g/mol. The van der Waals surface area contributed by atoms with E-state index in [2.05, 4.69) is 46.7 Å². The molecule has 10 heavy (non-hydrogen) atoms. The molecule has 0 saturated carbocycles. The molecule has 0 aliphatic rings. The van der Waals surface area contributed by atoms with Gasteiger partial charge in [0.05, 0.1) is 0 Å². The van der Waals surface area contributed by atoms with Gasteiger partial charge in [-0.05, 0) is 59.1 Å². The van der Waals surface area contributed by atoms with E-state index < -0.39 is 0 Å². The molecule has 0 spiro atoms. The van der Waals surface area contributed by atoms with E-state index >= 15 is 0 Å². The molecule has 1 rings (SSSR count). The van der Waals surface area contributed by atoms with Gasteiger partial charge in [0.25, 0.3) is 0 Å². The highest BCUT2D eigenvalue weighted by Gasteiger charge is 1.97. The standard InChI is InChI=1S/C6H3Br3S/c7-4-1-2-5(8)6(3-4)10-9/h1-3H. The maximum Gasteiger partial charge on any atom is 0.0341 e. The van der Waals surface area contributed by atoms with Gasteiger partial charge in [0.15, 0.2) is 0 Å². The maximum absolute atomic E-state index is 3.42. The molecule has 4 heteroatoms. The van der Waals surface area contributed by atoms with E-state index in [4.69, 9.17) is 0 Å². The van der Waals surface area contributed by atoms with Crippen molar-refractivity contribution in [1.82, 2.24) is 0 Å². The minimum atomic E-state index is 1.10. The number of benzene rings is 1. The molecule has 0 unspecified atom stereocenters. The van der Waals surface area contributed by atoms with Crippen LogP contribution in [0.5, 0.6) is 0 Å². The van der Waals surface area contributed by atoms with Gasteiger partial charge in [-0.15, -0.1) is 0 Å². The molecule has 54 valence electrons. The van der Waals surface area contributed by atoms with Gasteiger partial charge in [-0.2, -0.15) is 0 Å². The van der Waals surface area contributed by atoms with Crippen LogP contribution in [0, 0.1) is 0 Å². The van der Waals surface area contributed by atoms with Crippen molar-refractivity contribution in [3.63, 3.8) is 0 Å². The molecule has 0 radical (unpaired) electrons. The van der Waals surface area contributed by atoms with Gasteiger partial charge < -0.3 is 0 Å². The second kappa shape index (κ2) is 4.14. The van der Waals surface area contributed by atoms with Crippen LogP contribution in [0.2, 0.25) is 0 Å². The lowest BCUT2D eigenvalue weighted by Crippen LogP contribution is -1.70. The Labute approximate surface area is 88.2 Å². The Morgan fingerprint density at radius 1 is 1.20 bits per heavy atom. The fourth-order valence-electron chi connectivity index (χ4n) is 0.536.